The van der Waals surface area contributed by atoms with Crippen LogP contribution in [-0.4, -0.2) is 37.6 Å². The average Bonchev–Trinajstić information content (AvgIpc) is 2.79. The predicted octanol–water partition coefficient (Wildman–Crippen LogP) is 2.08. The van der Waals surface area contributed by atoms with Crippen LogP contribution in [-0.2, 0) is 14.8 Å². The van der Waals surface area contributed by atoms with Crippen LogP contribution in [0.1, 0.15) is 19.8 Å². The number of ether oxygens (including phenoxy) is 1. The summed E-state index contributed by atoms with van der Waals surface area (Å²) in [5.74, 6) is 0. The average molecular weight is 332 g/mol. The number of rotatable bonds is 8. The van der Waals surface area contributed by atoms with Gasteiger partial charge in [-0.2, -0.15) is 0 Å². The zero-order chi connectivity index (χ0) is 15.3. The van der Waals surface area contributed by atoms with Crippen molar-refractivity contribution in [2.45, 2.75) is 24.8 Å². The highest BCUT2D eigenvalue weighted by atomic mass is 35.5. The van der Waals surface area contributed by atoms with Gasteiger partial charge >= 0.3 is 0 Å². The van der Waals surface area contributed by atoms with Gasteiger partial charge in [-0.3, -0.25) is 4.40 Å². The molecule has 0 fully saturated rings. The summed E-state index contributed by atoms with van der Waals surface area (Å²) in [5, 5.41) is -0.0647. The van der Waals surface area contributed by atoms with E-state index in [0.29, 0.717) is 31.8 Å². The van der Waals surface area contributed by atoms with Crippen LogP contribution >= 0.6 is 11.6 Å². The largest absolute Gasteiger partial charge is 0.381 e. The molecule has 2 aromatic rings. The van der Waals surface area contributed by atoms with Crippen LogP contribution in [0.25, 0.3) is 5.65 Å². The van der Waals surface area contributed by atoms with Crippen LogP contribution in [0.15, 0.2) is 29.4 Å². The van der Waals surface area contributed by atoms with Crippen LogP contribution in [0.5, 0.6) is 0 Å². The van der Waals surface area contributed by atoms with Gasteiger partial charge in [-0.25, -0.2) is 18.1 Å². The minimum atomic E-state index is -3.70. The van der Waals surface area contributed by atoms with E-state index in [2.05, 4.69) is 9.71 Å². The molecule has 0 bridgehead atoms. The van der Waals surface area contributed by atoms with E-state index in [4.69, 9.17) is 16.3 Å². The Hall–Kier alpha value is -1.15. The molecule has 0 atom stereocenters. The van der Waals surface area contributed by atoms with Crippen molar-refractivity contribution >= 4 is 27.3 Å². The topological polar surface area (TPSA) is 72.7 Å². The molecule has 0 aliphatic carbocycles. The molecular weight excluding hydrogens is 314 g/mol. The molecular formula is C13H18ClN3O3S. The SMILES string of the molecule is CCCOCCCNS(=O)(=O)c1c(Cl)nc2ccccn12. The number of halogens is 1. The highest BCUT2D eigenvalue weighted by Crippen LogP contribution is 2.22. The molecule has 0 unspecified atom stereocenters. The molecule has 0 aliphatic heterocycles. The molecule has 1 N–H and O–H groups in total. The molecule has 8 heteroatoms. The Balaban J connectivity index is 2.06. The van der Waals surface area contributed by atoms with Gasteiger partial charge in [0.25, 0.3) is 10.0 Å². The normalized spacial score (nSPS) is 12.1. The van der Waals surface area contributed by atoms with E-state index in [-0.39, 0.29) is 10.2 Å². The molecule has 21 heavy (non-hydrogen) atoms. The smallest absolute Gasteiger partial charge is 0.259 e. The molecule has 0 amide bonds. The first-order chi connectivity index (χ1) is 10.1. The second kappa shape index (κ2) is 7.22. The number of imidazole rings is 1. The summed E-state index contributed by atoms with van der Waals surface area (Å²) in [6.07, 6.45) is 3.17. The second-order valence-corrected chi connectivity index (χ2v) is 6.54. The third kappa shape index (κ3) is 3.94. The van der Waals surface area contributed by atoms with Gasteiger partial charge in [0.1, 0.15) is 5.65 Å². The van der Waals surface area contributed by atoms with Crippen molar-refractivity contribution in [3.63, 3.8) is 0 Å². The fourth-order valence-electron chi connectivity index (χ4n) is 1.88. The van der Waals surface area contributed by atoms with Gasteiger partial charge in [-0.05, 0) is 25.0 Å². The van der Waals surface area contributed by atoms with Crippen molar-refractivity contribution in [2.24, 2.45) is 0 Å². The minimum absolute atomic E-state index is 0.0315. The zero-order valence-electron chi connectivity index (χ0n) is 11.8. The molecule has 116 valence electrons. The molecule has 0 spiro atoms. The quantitative estimate of drug-likeness (QED) is 0.752. The monoisotopic (exact) mass is 331 g/mol. The molecule has 0 saturated carbocycles. The third-order valence-electron chi connectivity index (χ3n) is 2.81. The van der Waals surface area contributed by atoms with Crippen LogP contribution in [0, 0.1) is 0 Å². The van der Waals surface area contributed by atoms with Crippen LogP contribution in [0.4, 0.5) is 0 Å². The number of aromatic nitrogens is 2. The Morgan fingerprint density at radius 1 is 1.38 bits per heavy atom. The van der Waals surface area contributed by atoms with Crippen molar-refractivity contribution in [2.75, 3.05) is 19.8 Å². The van der Waals surface area contributed by atoms with Crippen molar-refractivity contribution in [3.8, 4) is 0 Å². The zero-order valence-corrected chi connectivity index (χ0v) is 13.3. The Labute approximate surface area is 129 Å². The van der Waals surface area contributed by atoms with Crippen LogP contribution in [0.2, 0.25) is 5.15 Å². The summed E-state index contributed by atoms with van der Waals surface area (Å²) < 4.78 is 33.9. The minimum Gasteiger partial charge on any atom is -0.381 e. The van der Waals surface area contributed by atoms with Gasteiger partial charge in [0.15, 0.2) is 10.2 Å². The number of nitrogens with one attached hydrogen (secondary N) is 1. The lowest BCUT2D eigenvalue weighted by atomic mass is 10.4. The van der Waals surface area contributed by atoms with Crippen LogP contribution in [0.3, 0.4) is 0 Å². The van der Waals surface area contributed by atoms with E-state index in [0.717, 1.165) is 6.42 Å². The maximum absolute atomic E-state index is 12.3. The van der Waals surface area contributed by atoms with Gasteiger partial charge in [-0.1, -0.05) is 24.6 Å². The lowest BCUT2D eigenvalue weighted by Crippen LogP contribution is -2.27. The van der Waals surface area contributed by atoms with E-state index in [1.807, 2.05) is 6.92 Å². The maximum atomic E-state index is 12.3. The highest BCUT2D eigenvalue weighted by molar-refractivity contribution is 7.89. The summed E-state index contributed by atoms with van der Waals surface area (Å²) >= 11 is 5.96. The lowest BCUT2D eigenvalue weighted by molar-refractivity contribution is 0.133. The fourth-order valence-corrected chi connectivity index (χ4v) is 3.59. The lowest BCUT2D eigenvalue weighted by Gasteiger charge is -2.07. The van der Waals surface area contributed by atoms with Crippen LogP contribution < -0.4 is 4.72 Å². The van der Waals surface area contributed by atoms with Gasteiger partial charge in [-0.15, -0.1) is 0 Å². The van der Waals surface area contributed by atoms with E-state index in [9.17, 15) is 8.42 Å². The second-order valence-electron chi connectivity index (χ2n) is 4.50. The van der Waals surface area contributed by atoms with Crippen molar-refractivity contribution < 1.29 is 13.2 Å². The highest BCUT2D eigenvalue weighted by Gasteiger charge is 2.23. The number of fused-ring (bicyclic) bond motifs is 1. The van der Waals surface area contributed by atoms with Gasteiger partial charge in [0.2, 0.25) is 0 Å². The fraction of sp³-hybridized carbons (Fsp3) is 0.462. The number of sulfonamides is 1. The number of hydrogen-bond donors (Lipinski definition) is 1. The summed E-state index contributed by atoms with van der Waals surface area (Å²) in [5.41, 5.74) is 0.495. The van der Waals surface area contributed by atoms with Gasteiger partial charge in [0.05, 0.1) is 0 Å². The first-order valence-corrected chi connectivity index (χ1v) is 8.62. The van der Waals surface area contributed by atoms with E-state index < -0.39 is 10.0 Å². The summed E-state index contributed by atoms with van der Waals surface area (Å²) in [4.78, 5) is 4.03. The first kappa shape index (κ1) is 16.2. The molecule has 6 nitrogen and oxygen atoms in total. The number of nitrogens with zero attached hydrogens (tertiary/aromatic N) is 2. The van der Waals surface area contributed by atoms with Gasteiger partial charge < -0.3 is 4.74 Å². The third-order valence-corrected chi connectivity index (χ3v) is 4.67. The number of hydrogen-bond acceptors (Lipinski definition) is 4. The summed E-state index contributed by atoms with van der Waals surface area (Å²) in [6.45, 7) is 3.53. The molecule has 0 aliphatic rings. The van der Waals surface area contributed by atoms with Crippen molar-refractivity contribution in [1.29, 1.82) is 0 Å². The first-order valence-electron chi connectivity index (χ1n) is 6.76. The Bertz CT molecular complexity index is 700. The molecule has 2 rings (SSSR count). The van der Waals surface area contributed by atoms with Gasteiger partial charge in [0, 0.05) is 26.0 Å². The molecule has 0 aromatic carbocycles. The van der Waals surface area contributed by atoms with Crippen molar-refractivity contribution in [1.82, 2.24) is 14.1 Å². The summed E-state index contributed by atoms with van der Waals surface area (Å²) in [7, 11) is -3.70. The standard InChI is InChI=1S/C13H18ClN3O3S/c1-2-9-20-10-5-7-15-21(18,19)13-12(14)16-11-6-3-4-8-17(11)13/h3-4,6,8,15H,2,5,7,9-10H2,1H3. The molecule has 0 saturated heterocycles. The molecule has 2 aromatic heterocycles. The van der Waals surface area contributed by atoms with E-state index >= 15 is 0 Å². The van der Waals surface area contributed by atoms with Crippen molar-refractivity contribution in [3.05, 3.63) is 29.5 Å². The Morgan fingerprint density at radius 3 is 2.95 bits per heavy atom. The summed E-state index contributed by atoms with van der Waals surface area (Å²) in [6, 6.07) is 5.19. The molecule has 0 radical (unpaired) electrons. The predicted molar refractivity (Wildman–Crippen MR) is 81.1 cm³/mol. The van der Waals surface area contributed by atoms with E-state index in [1.165, 1.54) is 4.40 Å². The molecule has 2 heterocycles. The maximum Gasteiger partial charge on any atom is 0.259 e. The van der Waals surface area contributed by atoms with E-state index in [1.54, 1.807) is 24.4 Å². The Kier molecular flexibility index (Phi) is 5.58. The Morgan fingerprint density at radius 2 is 2.19 bits per heavy atom. The number of pyridine rings is 1.